The molecule has 5 heterocycles. The highest BCUT2D eigenvalue weighted by Crippen LogP contribution is 2.48. The van der Waals surface area contributed by atoms with Crippen LogP contribution < -0.4 is 14.8 Å². The van der Waals surface area contributed by atoms with Gasteiger partial charge >= 0.3 is 0 Å². The zero-order valence-electron chi connectivity index (χ0n) is 18.4. The molecule has 0 spiro atoms. The van der Waals surface area contributed by atoms with Gasteiger partial charge in [-0.15, -0.1) is 0 Å². The zero-order chi connectivity index (χ0) is 22.4. The monoisotopic (exact) mass is 446 g/mol. The molecule has 1 aromatic heterocycles. The molecular formula is C25H26N4O4. The van der Waals surface area contributed by atoms with E-state index in [-0.39, 0.29) is 23.7 Å². The molecule has 4 bridgehead atoms. The van der Waals surface area contributed by atoms with Crippen LogP contribution in [0.5, 0.6) is 11.5 Å². The van der Waals surface area contributed by atoms with Crippen LogP contribution in [-0.4, -0.2) is 52.8 Å². The molecular weight excluding hydrogens is 420 g/mol. The lowest BCUT2D eigenvalue weighted by molar-refractivity contribution is -0.00908. The summed E-state index contributed by atoms with van der Waals surface area (Å²) in [4.78, 5) is 19.4. The van der Waals surface area contributed by atoms with E-state index in [2.05, 4.69) is 20.4 Å². The predicted molar refractivity (Wildman–Crippen MR) is 120 cm³/mol. The molecule has 8 heteroatoms. The van der Waals surface area contributed by atoms with Crippen LogP contribution in [0.3, 0.4) is 0 Å². The normalized spacial score (nSPS) is 27.0. The SMILES string of the molecule is COc1ccc(-c2nc(C(=O)NCc3cccc(O[C@H]4C[C@H]5CC6CN5[C@@H]6C4)c3)no2)cc1. The Hall–Kier alpha value is -3.39. The molecule has 4 aliphatic heterocycles. The van der Waals surface area contributed by atoms with Crippen LogP contribution in [0, 0.1) is 5.92 Å². The number of piperidine rings is 1. The Morgan fingerprint density at radius 2 is 2.03 bits per heavy atom. The van der Waals surface area contributed by atoms with Gasteiger partial charge in [0.25, 0.3) is 17.6 Å². The molecule has 5 atom stereocenters. The smallest absolute Gasteiger partial charge is 0.292 e. The fourth-order valence-corrected chi connectivity index (χ4v) is 5.47. The Kier molecular flexibility index (Phi) is 5.02. The molecule has 2 unspecified atom stereocenters. The number of carbonyl (C=O) groups is 1. The van der Waals surface area contributed by atoms with Crippen molar-refractivity contribution in [3.63, 3.8) is 0 Å². The molecule has 8 nitrogen and oxygen atoms in total. The van der Waals surface area contributed by atoms with E-state index in [0.29, 0.717) is 12.6 Å². The maximum Gasteiger partial charge on any atom is 0.292 e. The molecule has 170 valence electrons. The van der Waals surface area contributed by atoms with Crippen molar-refractivity contribution in [3.8, 4) is 23.0 Å². The summed E-state index contributed by atoms with van der Waals surface area (Å²) >= 11 is 0. The zero-order valence-corrected chi connectivity index (χ0v) is 18.4. The van der Waals surface area contributed by atoms with Crippen LogP contribution in [0.25, 0.3) is 11.5 Å². The van der Waals surface area contributed by atoms with Crippen LogP contribution in [0.2, 0.25) is 0 Å². The third-order valence-corrected chi connectivity index (χ3v) is 7.12. The summed E-state index contributed by atoms with van der Waals surface area (Å²) in [6.45, 7) is 1.65. The minimum atomic E-state index is -0.387. The lowest BCUT2D eigenvalue weighted by Gasteiger charge is -2.46. The minimum Gasteiger partial charge on any atom is -0.497 e. The van der Waals surface area contributed by atoms with Gasteiger partial charge in [-0.2, -0.15) is 4.98 Å². The van der Waals surface area contributed by atoms with Gasteiger partial charge in [-0.1, -0.05) is 17.3 Å². The van der Waals surface area contributed by atoms with Crippen LogP contribution in [0.1, 0.15) is 35.4 Å². The standard InChI is InChI=1S/C25H26N4O4/c1-31-19-7-5-16(6-8-19)25-27-23(28-33-25)24(30)26-13-15-3-2-4-20(9-15)32-21-11-18-10-17-14-29(18)22(17)12-21/h2-9,17-18,21-22H,10-14H2,1H3,(H,26,30)/t17?,18-,21+,22-/m1/s1. The Balaban J connectivity index is 1.05. The Morgan fingerprint density at radius 3 is 2.85 bits per heavy atom. The fraction of sp³-hybridized carbons (Fsp3) is 0.400. The third-order valence-electron chi connectivity index (χ3n) is 7.12. The summed E-state index contributed by atoms with van der Waals surface area (Å²) in [7, 11) is 1.60. The van der Waals surface area contributed by atoms with Gasteiger partial charge < -0.3 is 19.3 Å². The second kappa shape index (κ2) is 8.19. The summed E-state index contributed by atoms with van der Waals surface area (Å²) in [6, 6.07) is 16.6. The molecule has 4 fully saturated rings. The van der Waals surface area contributed by atoms with Crippen molar-refractivity contribution in [2.24, 2.45) is 5.92 Å². The summed E-state index contributed by atoms with van der Waals surface area (Å²) in [6.07, 6.45) is 3.85. The largest absolute Gasteiger partial charge is 0.497 e. The lowest BCUT2D eigenvalue weighted by atomic mass is 9.88. The van der Waals surface area contributed by atoms with Crippen LogP contribution in [-0.2, 0) is 6.54 Å². The summed E-state index contributed by atoms with van der Waals surface area (Å²) < 4.78 is 16.7. The van der Waals surface area contributed by atoms with Crippen molar-refractivity contribution in [2.45, 2.75) is 44.0 Å². The van der Waals surface area contributed by atoms with Gasteiger partial charge in [0, 0.05) is 37.2 Å². The maximum absolute atomic E-state index is 12.5. The van der Waals surface area contributed by atoms with E-state index in [9.17, 15) is 4.79 Å². The number of aromatic nitrogens is 2. The van der Waals surface area contributed by atoms with Gasteiger partial charge in [0.05, 0.1) is 7.11 Å². The molecule has 33 heavy (non-hydrogen) atoms. The second-order valence-electron chi connectivity index (χ2n) is 9.11. The Labute approximate surface area is 191 Å². The van der Waals surface area contributed by atoms with Gasteiger partial charge in [0.15, 0.2) is 0 Å². The van der Waals surface area contributed by atoms with E-state index in [0.717, 1.165) is 47.4 Å². The maximum atomic E-state index is 12.5. The van der Waals surface area contributed by atoms with Gasteiger partial charge in [0.1, 0.15) is 17.6 Å². The average molecular weight is 447 g/mol. The number of nitrogens with zero attached hydrogens (tertiary/aromatic N) is 3. The number of carbonyl (C=O) groups excluding carboxylic acids is 1. The first-order valence-corrected chi connectivity index (χ1v) is 11.4. The van der Waals surface area contributed by atoms with E-state index in [1.165, 1.54) is 13.0 Å². The van der Waals surface area contributed by atoms with Crippen LogP contribution in [0.15, 0.2) is 53.1 Å². The van der Waals surface area contributed by atoms with Gasteiger partial charge in [0.2, 0.25) is 0 Å². The number of hydrogen-bond donors (Lipinski definition) is 1. The molecule has 4 saturated heterocycles. The number of methoxy groups -OCH3 is 1. The van der Waals surface area contributed by atoms with E-state index in [1.807, 2.05) is 24.3 Å². The van der Waals surface area contributed by atoms with E-state index < -0.39 is 0 Å². The minimum absolute atomic E-state index is 0.000492. The van der Waals surface area contributed by atoms with Crippen molar-refractivity contribution < 1.29 is 18.8 Å². The molecule has 4 aliphatic rings. The van der Waals surface area contributed by atoms with Crippen molar-refractivity contribution in [1.82, 2.24) is 20.4 Å². The first-order chi connectivity index (χ1) is 16.2. The molecule has 2 aromatic carbocycles. The number of rotatable bonds is 7. The highest BCUT2D eigenvalue weighted by molar-refractivity contribution is 5.90. The van der Waals surface area contributed by atoms with Crippen LogP contribution >= 0.6 is 0 Å². The number of hydrogen-bond acceptors (Lipinski definition) is 7. The summed E-state index contributed by atoms with van der Waals surface area (Å²) in [5.74, 6) is 2.38. The molecule has 1 amide bonds. The number of amides is 1. The summed E-state index contributed by atoms with van der Waals surface area (Å²) in [5.41, 5.74) is 1.68. The molecule has 1 N–H and O–H groups in total. The Morgan fingerprint density at radius 1 is 1.15 bits per heavy atom. The number of nitrogens with one attached hydrogen (secondary N) is 1. The molecule has 0 aliphatic carbocycles. The third kappa shape index (κ3) is 3.84. The van der Waals surface area contributed by atoms with Crippen molar-refractivity contribution >= 4 is 5.91 Å². The molecule has 0 radical (unpaired) electrons. The quantitative estimate of drug-likeness (QED) is 0.596. The fourth-order valence-electron chi connectivity index (χ4n) is 5.47. The van der Waals surface area contributed by atoms with E-state index in [1.54, 1.807) is 31.4 Å². The predicted octanol–water partition coefficient (Wildman–Crippen LogP) is 3.29. The lowest BCUT2D eigenvalue weighted by Crippen LogP contribution is -2.55. The second-order valence-corrected chi connectivity index (χ2v) is 9.11. The van der Waals surface area contributed by atoms with Gasteiger partial charge in [-0.25, -0.2) is 0 Å². The Bertz CT molecular complexity index is 1150. The van der Waals surface area contributed by atoms with Gasteiger partial charge in [-0.3, -0.25) is 9.69 Å². The first kappa shape index (κ1) is 20.2. The van der Waals surface area contributed by atoms with E-state index in [4.69, 9.17) is 14.0 Å². The summed E-state index contributed by atoms with van der Waals surface area (Å²) in [5, 5.41) is 6.67. The highest BCUT2D eigenvalue weighted by atomic mass is 16.5. The average Bonchev–Trinajstić information content (AvgIpc) is 3.54. The van der Waals surface area contributed by atoms with Gasteiger partial charge in [-0.05, 0) is 60.7 Å². The highest BCUT2D eigenvalue weighted by Gasteiger charge is 2.55. The van der Waals surface area contributed by atoms with Crippen molar-refractivity contribution in [1.29, 1.82) is 0 Å². The number of ether oxygens (including phenoxy) is 2. The topological polar surface area (TPSA) is 89.7 Å². The van der Waals surface area contributed by atoms with Crippen molar-refractivity contribution in [3.05, 3.63) is 59.9 Å². The number of benzene rings is 2. The van der Waals surface area contributed by atoms with Crippen LogP contribution in [0.4, 0.5) is 0 Å². The molecule has 3 aromatic rings. The van der Waals surface area contributed by atoms with Crippen molar-refractivity contribution in [2.75, 3.05) is 13.7 Å². The molecule has 7 rings (SSSR count). The molecule has 0 saturated carbocycles. The van der Waals surface area contributed by atoms with E-state index >= 15 is 0 Å². The first-order valence-electron chi connectivity index (χ1n) is 11.4.